The normalized spacial score (nSPS) is 11.5. The highest BCUT2D eigenvalue weighted by atomic mass is 35.5. The zero-order valence-electron chi connectivity index (χ0n) is 9.64. The lowest BCUT2D eigenvalue weighted by atomic mass is 10.3. The Hall–Kier alpha value is -1.60. The minimum Gasteiger partial charge on any atom is -0.337 e. The van der Waals surface area contributed by atoms with Gasteiger partial charge in [0.2, 0.25) is 5.88 Å². The molecule has 0 bridgehead atoms. The van der Waals surface area contributed by atoms with Crippen molar-refractivity contribution in [3.05, 3.63) is 34.7 Å². The molecule has 0 radical (unpaired) electrons. The number of aromatic nitrogens is 2. The van der Waals surface area contributed by atoms with Crippen molar-refractivity contribution >= 4 is 27.5 Å². The second kappa shape index (κ2) is 4.58. The Morgan fingerprint density at radius 2 is 2.11 bits per heavy atom. The Labute approximate surface area is 109 Å². The number of rotatable bonds is 3. The first-order valence-electron chi connectivity index (χ1n) is 4.97. The van der Waals surface area contributed by atoms with Crippen LogP contribution in [-0.2, 0) is 10.0 Å². The Kier molecular flexibility index (Phi) is 3.27. The molecule has 0 amide bonds. The van der Waals surface area contributed by atoms with Crippen LogP contribution in [0.2, 0.25) is 5.15 Å². The maximum Gasteiger partial charge on any atom is 0.264 e. The van der Waals surface area contributed by atoms with Crippen molar-refractivity contribution in [2.75, 3.05) is 4.72 Å². The molecule has 96 valence electrons. The lowest BCUT2D eigenvalue weighted by Gasteiger charge is -2.05. The van der Waals surface area contributed by atoms with E-state index in [-0.39, 0.29) is 15.9 Å². The zero-order valence-corrected chi connectivity index (χ0v) is 11.2. The van der Waals surface area contributed by atoms with Gasteiger partial charge in [-0.2, -0.15) is 0 Å². The highest BCUT2D eigenvalue weighted by Crippen LogP contribution is 2.22. The third-order valence-electron chi connectivity index (χ3n) is 2.39. The average Bonchev–Trinajstić information content (AvgIpc) is 2.61. The molecule has 0 unspecified atom stereocenters. The van der Waals surface area contributed by atoms with E-state index in [0.717, 1.165) is 0 Å². The smallest absolute Gasteiger partial charge is 0.264 e. The number of nitrogens with one attached hydrogen (secondary N) is 1. The minimum absolute atomic E-state index is 0.0101. The largest absolute Gasteiger partial charge is 0.337 e. The number of sulfonamides is 1. The molecule has 0 atom stereocenters. The van der Waals surface area contributed by atoms with Gasteiger partial charge in [0.25, 0.3) is 10.0 Å². The van der Waals surface area contributed by atoms with Gasteiger partial charge in [-0.3, -0.25) is 0 Å². The minimum atomic E-state index is -3.75. The van der Waals surface area contributed by atoms with Gasteiger partial charge in [0.05, 0.1) is 10.6 Å². The number of nitrogens with zero attached hydrogens (tertiary/aromatic N) is 2. The SMILES string of the molecule is Cc1noc(NS(=O)(=O)c2ccnc(Cl)c2)c1C. The first kappa shape index (κ1) is 12.8. The highest BCUT2D eigenvalue weighted by Gasteiger charge is 2.19. The van der Waals surface area contributed by atoms with Gasteiger partial charge >= 0.3 is 0 Å². The summed E-state index contributed by atoms with van der Waals surface area (Å²) in [6.45, 7) is 3.43. The Morgan fingerprint density at radius 1 is 1.39 bits per heavy atom. The van der Waals surface area contributed by atoms with Gasteiger partial charge in [0, 0.05) is 11.8 Å². The predicted molar refractivity (Wildman–Crippen MR) is 66.0 cm³/mol. The van der Waals surface area contributed by atoms with Crippen LogP contribution < -0.4 is 4.72 Å². The fourth-order valence-corrected chi connectivity index (χ4v) is 2.54. The van der Waals surface area contributed by atoms with Crippen LogP contribution in [0.15, 0.2) is 27.7 Å². The molecule has 2 aromatic rings. The summed E-state index contributed by atoms with van der Waals surface area (Å²) in [5, 5.41) is 3.77. The van der Waals surface area contributed by atoms with Crippen LogP contribution >= 0.6 is 11.6 Å². The van der Waals surface area contributed by atoms with E-state index in [9.17, 15) is 8.42 Å². The monoisotopic (exact) mass is 287 g/mol. The molecule has 2 rings (SSSR count). The van der Waals surface area contributed by atoms with Crippen molar-refractivity contribution < 1.29 is 12.9 Å². The Balaban J connectivity index is 2.36. The number of anilines is 1. The maximum atomic E-state index is 12.0. The summed E-state index contributed by atoms with van der Waals surface area (Å²) in [5.41, 5.74) is 1.26. The third kappa shape index (κ3) is 2.46. The quantitative estimate of drug-likeness (QED) is 0.874. The van der Waals surface area contributed by atoms with E-state index in [2.05, 4.69) is 14.9 Å². The first-order valence-corrected chi connectivity index (χ1v) is 6.83. The molecule has 8 heteroatoms. The van der Waals surface area contributed by atoms with Crippen molar-refractivity contribution in [2.45, 2.75) is 18.7 Å². The lowest BCUT2D eigenvalue weighted by Crippen LogP contribution is -2.13. The van der Waals surface area contributed by atoms with E-state index in [4.69, 9.17) is 16.1 Å². The molecule has 0 aliphatic carbocycles. The van der Waals surface area contributed by atoms with Crippen LogP contribution in [0, 0.1) is 13.8 Å². The van der Waals surface area contributed by atoms with Crippen molar-refractivity contribution in [1.82, 2.24) is 10.1 Å². The van der Waals surface area contributed by atoms with E-state index < -0.39 is 10.0 Å². The molecule has 1 N–H and O–H groups in total. The van der Waals surface area contributed by atoms with Crippen LogP contribution in [0.25, 0.3) is 0 Å². The van der Waals surface area contributed by atoms with Crippen molar-refractivity contribution in [3.8, 4) is 0 Å². The summed E-state index contributed by atoms with van der Waals surface area (Å²) in [4.78, 5) is 3.73. The average molecular weight is 288 g/mol. The van der Waals surface area contributed by atoms with Crippen LogP contribution in [0.1, 0.15) is 11.3 Å². The predicted octanol–water partition coefficient (Wildman–Crippen LogP) is 2.14. The van der Waals surface area contributed by atoms with E-state index >= 15 is 0 Å². The summed E-state index contributed by atoms with van der Waals surface area (Å²) >= 11 is 5.65. The van der Waals surface area contributed by atoms with E-state index in [1.54, 1.807) is 13.8 Å². The zero-order chi connectivity index (χ0) is 13.3. The maximum absolute atomic E-state index is 12.0. The molecule has 0 aliphatic rings. The molecule has 0 aromatic carbocycles. The van der Waals surface area contributed by atoms with Gasteiger partial charge in [-0.1, -0.05) is 16.8 Å². The van der Waals surface area contributed by atoms with E-state index in [0.29, 0.717) is 11.3 Å². The summed E-state index contributed by atoms with van der Waals surface area (Å²) in [6, 6.07) is 2.59. The van der Waals surface area contributed by atoms with Crippen molar-refractivity contribution in [1.29, 1.82) is 0 Å². The molecule has 0 spiro atoms. The third-order valence-corrected chi connectivity index (χ3v) is 3.93. The van der Waals surface area contributed by atoms with Crippen LogP contribution in [0.5, 0.6) is 0 Å². The lowest BCUT2D eigenvalue weighted by molar-refractivity contribution is 0.430. The van der Waals surface area contributed by atoms with Crippen molar-refractivity contribution in [3.63, 3.8) is 0 Å². The number of hydrogen-bond acceptors (Lipinski definition) is 5. The second-order valence-electron chi connectivity index (χ2n) is 3.64. The standard InChI is InChI=1S/C10H10ClN3O3S/c1-6-7(2)13-17-10(6)14-18(15,16)8-3-4-12-9(11)5-8/h3-5,14H,1-2H3. The molecule has 18 heavy (non-hydrogen) atoms. The topological polar surface area (TPSA) is 85.1 Å². The van der Waals surface area contributed by atoms with Crippen LogP contribution in [0.3, 0.4) is 0 Å². The summed E-state index contributed by atoms with van der Waals surface area (Å²) in [7, 11) is -3.75. The first-order chi connectivity index (χ1) is 8.40. The molecule has 0 fully saturated rings. The van der Waals surface area contributed by atoms with E-state index in [1.165, 1.54) is 18.3 Å². The second-order valence-corrected chi connectivity index (χ2v) is 5.71. The molecule has 2 heterocycles. The molecule has 2 aromatic heterocycles. The fraction of sp³-hybridized carbons (Fsp3) is 0.200. The Morgan fingerprint density at radius 3 is 2.67 bits per heavy atom. The van der Waals surface area contributed by atoms with Gasteiger partial charge < -0.3 is 4.52 Å². The summed E-state index contributed by atoms with van der Waals surface area (Å²) in [6.07, 6.45) is 1.31. The molecule has 6 nitrogen and oxygen atoms in total. The summed E-state index contributed by atoms with van der Waals surface area (Å²) in [5.74, 6) is 0.0976. The van der Waals surface area contributed by atoms with Gasteiger partial charge in [-0.05, 0) is 26.0 Å². The summed E-state index contributed by atoms with van der Waals surface area (Å²) < 4.78 is 31.3. The highest BCUT2D eigenvalue weighted by molar-refractivity contribution is 7.92. The number of aryl methyl sites for hydroxylation is 1. The molecular weight excluding hydrogens is 278 g/mol. The molecule has 0 aliphatic heterocycles. The van der Waals surface area contributed by atoms with E-state index in [1.807, 2.05) is 0 Å². The number of pyridine rings is 1. The van der Waals surface area contributed by atoms with Crippen molar-refractivity contribution in [2.24, 2.45) is 0 Å². The van der Waals surface area contributed by atoms with Gasteiger partial charge in [0.15, 0.2) is 0 Å². The van der Waals surface area contributed by atoms with Crippen LogP contribution in [-0.4, -0.2) is 18.6 Å². The number of hydrogen-bond donors (Lipinski definition) is 1. The van der Waals surface area contributed by atoms with Gasteiger partial charge in [-0.25, -0.2) is 18.1 Å². The number of halogens is 1. The van der Waals surface area contributed by atoms with Crippen LogP contribution in [0.4, 0.5) is 5.88 Å². The van der Waals surface area contributed by atoms with Gasteiger partial charge in [0.1, 0.15) is 5.15 Å². The molecule has 0 saturated carbocycles. The molecular formula is C10H10ClN3O3S. The van der Waals surface area contributed by atoms with Gasteiger partial charge in [-0.15, -0.1) is 0 Å². The molecule has 0 saturated heterocycles. The Bertz CT molecular complexity index is 681. The fourth-order valence-electron chi connectivity index (χ4n) is 1.24.